The second-order valence-corrected chi connectivity index (χ2v) is 9.35. The standard InChI is InChI=1S/C30H37N3O5/c1-22-8-10-23(11-9-22)21-38-29(24-6-5-7-25(18-24)35-2)20-32-14-16-33(17-15-32)30(34)31-27-19-26(36-3)12-13-28(27)37-4/h5-13,18-19,29H,14-17,20-21H2,1-4H3,(H,31,34)/t29-/m1/s1. The predicted molar refractivity (Wildman–Crippen MR) is 148 cm³/mol. The Balaban J connectivity index is 1.38. The van der Waals surface area contributed by atoms with Crippen molar-refractivity contribution in [2.24, 2.45) is 0 Å². The first-order valence-electron chi connectivity index (χ1n) is 12.8. The maximum atomic E-state index is 13.0. The number of methoxy groups -OCH3 is 3. The van der Waals surface area contributed by atoms with E-state index in [0.717, 1.165) is 36.5 Å². The van der Waals surface area contributed by atoms with Gasteiger partial charge in [-0.1, -0.05) is 42.0 Å². The molecule has 1 heterocycles. The summed E-state index contributed by atoms with van der Waals surface area (Å²) in [5.74, 6) is 2.05. The highest BCUT2D eigenvalue weighted by atomic mass is 16.5. The van der Waals surface area contributed by atoms with E-state index in [1.54, 1.807) is 39.5 Å². The number of urea groups is 1. The van der Waals surface area contributed by atoms with Crippen molar-refractivity contribution in [3.8, 4) is 17.2 Å². The fourth-order valence-electron chi connectivity index (χ4n) is 4.45. The minimum atomic E-state index is -0.156. The van der Waals surface area contributed by atoms with Crippen molar-refractivity contribution in [1.29, 1.82) is 0 Å². The lowest BCUT2D eigenvalue weighted by Gasteiger charge is -2.36. The van der Waals surface area contributed by atoms with E-state index in [-0.39, 0.29) is 12.1 Å². The van der Waals surface area contributed by atoms with Crippen LogP contribution in [0.3, 0.4) is 0 Å². The van der Waals surface area contributed by atoms with Gasteiger partial charge in [-0.3, -0.25) is 4.90 Å². The van der Waals surface area contributed by atoms with Crippen LogP contribution >= 0.6 is 0 Å². The third-order valence-electron chi connectivity index (χ3n) is 6.77. The molecule has 202 valence electrons. The van der Waals surface area contributed by atoms with Crippen molar-refractivity contribution in [2.75, 3.05) is 59.4 Å². The highest BCUT2D eigenvalue weighted by Crippen LogP contribution is 2.29. The Bertz CT molecular complexity index is 1190. The lowest BCUT2D eigenvalue weighted by atomic mass is 10.1. The number of piperazine rings is 1. The summed E-state index contributed by atoms with van der Waals surface area (Å²) >= 11 is 0. The molecule has 1 N–H and O–H groups in total. The molecule has 8 nitrogen and oxygen atoms in total. The van der Waals surface area contributed by atoms with Crippen molar-refractivity contribution in [3.05, 3.63) is 83.4 Å². The average Bonchev–Trinajstić information content (AvgIpc) is 2.96. The third-order valence-corrected chi connectivity index (χ3v) is 6.77. The van der Waals surface area contributed by atoms with Gasteiger partial charge in [0.05, 0.1) is 39.7 Å². The molecule has 0 spiro atoms. The largest absolute Gasteiger partial charge is 0.497 e. The molecule has 8 heteroatoms. The van der Waals surface area contributed by atoms with Crippen molar-refractivity contribution in [1.82, 2.24) is 9.80 Å². The van der Waals surface area contributed by atoms with E-state index in [1.807, 2.05) is 23.1 Å². The maximum Gasteiger partial charge on any atom is 0.322 e. The Morgan fingerprint density at radius 2 is 1.58 bits per heavy atom. The second kappa shape index (κ2) is 13.2. The van der Waals surface area contributed by atoms with Gasteiger partial charge in [0.15, 0.2) is 0 Å². The first-order valence-corrected chi connectivity index (χ1v) is 12.8. The Morgan fingerprint density at radius 3 is 2.26 bits per heavy atom. The van der Waals surface area contributed by atoms with Crippen LogP contribution in [0.1, 0.15) is 22.8 Å². The molecular weight excluding hydrogens is 482 g/mol. The molecule has 1 aliphatic heterocycles. The molecule has 38 heavy (non-hydrogen) atoms. The quantitative estimate of drug-likeness (QED) is 0.401. The molecule has 1 saturated heterocycles. The predicted octanol–water partition coefficient (Wildman–Crippen LogP) is 5.13. The molecule has 0 aliphatic carbocycles. The number of rotatable bonds is 10. The van der Waals surface area contributed by atoms with E-state index in [0.29, 0.717) is 36.9 Å². The smallest absolute Gasteiger partial charge is 0.322 e. The Kier molecular flexibility index (Phi) is 9.46. The highest BCUT2D eigenvalue weighted by molar-refractivity contribution is 5.91. The van der Waals surface area contributed by atoms with Gasteiger partial charge in [0.25, 0.3) is 0 Å². The number of aryl methyl sites for hydroxylation is 1. The molecule has 0 aromatic heterocycles. The van der Waals surface area contributed by atoms with E-state index in [4.69, 9.17) is 18.9 Å². The Morgan fingerprint density at radius 1 is 0.868 bits per heavy atom. The molecule has 3 aromatic rings. The van der Waals surface area contributed by atoms with Gasteiger partial charge in [0.1, 0.15) is 17.2 Å². The van der Waals surface area contributed by atoms with Crippen molar-refractivity contribution < 1.29 is 23.7 Å². The van der Waals surface area contributed by atoms with Crippen LogP contribution in [0.5, 0.6) is 17.2 Å². The maximum absolute atomic E-state index is 13.0. The number of carbonyl (C=O) groups excluding carboxylic acids is 1. The average molecular weight is 520 g/mol. The normalized spacial score (nSPS) is 14.6. The minimum Gasteiger partial charge on any atom is -0.497 e. The SMILES string of the molecule is COc1cccc([C@@H](CN2CCN(C(=O)Nc3cc(OC)ccc3OC)CC2)OCc2ccc(C)cc2)c1. The number of amides is 2. The molecule has 3 aromatic carbocycles. The van der Waals surface area contributed by atoms with E-state index in [2.05, 4.69) is 47.5 Å². The Hall–Kier alpha value is -3.75. The monoisotopic (exact) mass is 519 g/mol. The number of nitrogens with zero attached hydrogens (tertiary/aromatic N) is 2. The molecule has 1 fully saturated rings. The number of hydrogen-bond donors (Lipinski definition) is 1. The van der Waals surface area contributed by atoms with Crippen LogP contribution in [0.15, 0.2) is 66.7 Å². The summed E-state index contributed by atoms with van der Waals surface area (Å²) in [4.78, 5) is 17.2. The fourth-order valence-corrected chi connectivity index (χ4v) is 4.45. The first-order chi connectivity index (χ1) is 18.5. The second-order valence-electron chi connectivity index (χ2n) is 9.35. The molecular formula is C30H37N3O5. The number of anilines is 1. The van der Waals surface area contributed by atoms with Crippen LogP contribution in [-0.4, -0.2) is 69.9 Å². The molecule has 4 rings (SSSR count). The van der Waals surface area contributed by atoms with Gasteiger partial charge >= 0.3 is 6.03 Å². The van der Waals surface area contributed by atoms with Crippen LogP contribution in [-0.2, 0) is 11.3 Å². The van der Waals surface area contributed by atoms with Gasteiger partial charge < -0.3 is 29.2 Å². The van der Waals surface area contributed by atoms with Gasteiger partial charge in [-0.25, -0.2) is 4.79 Å². The molecule has 2 amide bonds. The number of nitrogens with one attached hydrogen (secondary N) is 1. The van der Waals surface area contributed by atoms with Crippen LogP contribution < -0.4 is 19.5 Å². The number of carbonyl (C=O) groups is 1. The lowest BCUT2D eigenvalue weighted by Crippen LogP contribution is -2.50. The summed E-state index contributed by atoms with van der Waals surface area (Å²) in [5, 5.41) is 2.97. The highest BCUT2D eigenvalue weighted by Gasteiger charge is 2.25. The molecule has 0 radical (unpaired) electrons. The van der Waals surface area contributed by atoms with Gasteiger partial charge in [0, 0.05) is 38.8 Å². The van der Waals surface area contributed by atoms with Crippen LogP contribution in [0.4, 0.5) is 10.5 Å². The molecule has 1 aliphatic rings. The van der Waals surface area contributed by atoms with Gasteiger partial charge in [-0.2, -0.15) is 0 Å². The zero-order chi connectivity index (χ0) is 26.9. The summed E-state index contributed by atoms with van der Waals surface area (Å²) in [7, 11) is 4.85. The van der Waals surface area contributed by atoms with E-state index >= 15 is 0 Å². The zero-order valence-electron chi connectivity index (χ0n) is 22.6. The number of hydrogen-bond acceptors (Lipinski definition) is 6. The molecule has 1 atom stereocenters. The van der Waals surface area contributed by atoms with Crippen molar-refractivity contribution in [3.63, 3.8) is 0 Å². The molecule has 0 unspecified atom stereocenters. The topological polar surface area (TPSA) is 72.5 Å². The first kappa shape index (κ1) is 27.3. The minimum absolute atomic E-state index is 0.132. The van der Waals surface area contributed by atoms with Gasteiger partial charge in [-0.15, -0.1) is 0 Å². The zero-order valence-corrected chi connectivity index (χ0v) is 22.6. The Labute approximate surface area is 225 Å². The van der Waals surface area contributed by atoms with E-state index in [9.17, 15) is 4.79 Å². The van der Waals surface area contributed by atoms with E-state index in [1.165, 1.54) is 5.56 Å². The van der Waals surface area contributed by atoms with Crippen LogP contribution in [0.2, 0.25) is 0 Å². The van der Waals surface area contributed by atoms with Gasteiger partial charge in [0.2, 0.25) is 0 Å². The molecule has 0 bridgehead atoms. The van der Waals surface area contributed by atoms with Crippen molar-refractivity contribution >= 4 is 11.7 Å². The summed E-state index contributed by atoms with van der Waals surface area (Å²) in [6.07, 6.45) is -0.132. The molecule has 0 saturated carbocycles. The summed E-state index contributed by atoms with van der Waals surface area (Å²) in [5.41, 5.74) is 4.02. The number of ether oxygens (including phenoxy) is 4. The summed E-state index contributed by atoms with van der Waals surface area (Å²) in [6, 6.07) is 21.6. The van der Waals surface area contributed by atoms with Crippen LogP contribution in [0, 0.1) is 6.92 Å². The van der Waals surface area contributed by atoms with Gasteiger partial charge in [-0.05, 0) is 42.3 Å². The summed E-state index contributed by atoms with van der Waals surface area (Å²) in [6.45, 7) is 6.04. The van der Waals surface area contributed by atoms with E-state index < -0.39 is 0 Å². The number of benzene rings is 3. The summed E-state index contributed by atoms with van der Waals surface area (Å²) < 4.78 is 22.6. The fraction of sp³-hybridized carbons (Fsp3) is 0.367. The lowest BCUT2D eigenvalue weighted by molar-refractivity contribution is 0.00584. The van der Waals surface area contributed by atoms with Crippen molar-refractivity contribution in [2.45, 2.75) is 19.6 Å². The van der Waals surface area contributed by atoms with Crippen LogP contribution in [0.25, 0.3) is 0 Å². The third kappa shape index (κ3) is 7.18.